The summed E-state index contributed by atoms with van der Waals surface area (Å²) >= 11 is -11.7. The Bertz CT molecular complexity index is 76.2. The number of hydrogen-bond acceptors (Lipinski definition) is 0. The van der Waals surface area contributed by atoms with Crippen LogP contribution in [0.4, 0.5) is 23.3 Å². The standard InChI is InChI=1S/CH2F6S2/c2-8(3,4)1-9(5,6)7/h1H2. The molecule has 8 heteroatoms. The van der Waals surface area contributed by atoms with Crippen LogP contribution in [-0.4, -0.2) is 5.08 Å². The van der Waals surface area contributed by atoms with Gasteiger partial charge in [0, 0.05) is 0 Å². The zero-order valence-electron chi connectivity index (χ0n) is 3.79. The Kier molecular flexibility index (Phi) is 2.57. The fourth-order valence-electron chi connectivity index (χ4n) is 0.152. The predicted octanol–water partition coefficient (Wildman–Crippen LogP) is 3.86. The van der Waals surface area contributed by atoms with Gasteiger partial charge in [-0.05, 0) is 0 Å². The van der Waals surface area contributed by atoms with E-state index < -0.39 is 27.5 Å². The number of halogens is 6. The molecule has 0 saturated heterocycles. The highest BCUT2D eigenvalue weighted by atomic mass is 32.4. The first-order valence-electron chi connectivity index (χ1n) is 1.50. The summed E-state index contributed by atoms with van der Waals surface area (Å²) in [6, 6.07) is 0. The molecule has 60 valence electrons. The van der Waals surface area contributed by atoms with E-state index in [1.807, 2.05) is 0 Å². The van der Waals surface area contributed by atoms with E-state index in [-0.39, 0.29) is 0 Å². The Morgan fingerprint density at radius 3 is 0.889 bits per heavy atom. The van der Waals surface area contributed by atoms with E-state index in [1.165, 1.54) is 0 Å². The molecule has 0 nitrogen and oxygen atoms in total. The van der Waals surface area contributed by atoms with Gasteiger partial charge in [-0.1, -0.05) is 0 Å². The van der Waals surface area contributed by atoms with Gasteiger partial charge in [-0.25, -0.2) is 0 Å². The Morgan fingerprint density at radius 1 is 0.667 bits per heavy atom. The molecule has 0 unspecified atom stereocenters. The summed E-state index contributed by atoms with van der Waals surface area (Å²) in [4.78, 5) is 0. The SMILES string of the molecule is FS(F)(F)CS(F)(F)F. The molecule has 0 atom stereocenters. The molecule has 0 aromatic carbocycles. The van der Waals surface area contributed by atoms with Crippen LogP contribution >= 0.6 is 22.4 Å². The van der Waals surface area contributed by atoms with E-state index in [2.05, 4.69) is 0 Å². The fourth-order valence-corrected chi connectivity index (χ4v) is 1.36. The Balaban J connectivity index is 3.75. The van der Waals surface area contributed by atoms with Crippen molar-refractivity contribution >= 4 is 22.4 Å². The molecular formula is CH2F6S2. The van der Waals surface area contributed by atoms with Crippen LogP contribution in [0.5, 0.6) is 0 Å². The van der Waals surface area contributed by atoms with Crippen molar-refractivity contribution in [1.29, 1.82) is 0 Å². The van der Waals surface area contributed by atoms with Crippen LogP contribution in [0, 0.1) is 0 Å². The molecular weight excluding hydrogens is 190 g/mol. The second kappa shape index (κ2) is 2.49. The topological polar surface area (TPSA) is 0 Å². The summed E-state index contributed by atoms with van der Waals surface area (Å²) in [6.07, 6.45) is 0. The average molecular weight is 192 g/mol. The van der Waals surface area contributed by atoms with E-state index in [4.69, 9.17) is 0 Å². The van der Waals surface area contributed by atoms with Crippen molar-refractivity contribution in [2.75, 3.05) is 5.08 Å². The zero-order valence-corrected chi connectivity index (χ0v) is 5.42. The van der Waals surface area contributed by atoms with Crippen molar-refractivity contribution in [1.82, 2.24) is 0 Å². The van der Waals surface area contributed by atoms with Gasteiger partial charge in [-0.2, -0.15) is 0 Å². The molecule has 0 N–H and O–H groups in total. The Labute approximate surface area is 51.6 Å². The summed E-state index contributed by atoms with van der Waals surface area (Å²) in [5.41, 5.74) is 0. The van der Waals surface area contributed by atoms with Crippen molar-refractivity contribution in [3.8, 4) is 0 Å². The lowest BCUT2D eigenvalue weighted by atomic mass is 11.9. The summed E-state index contributed by atoms with van der Waals surface area (Å²) in [5, 5.41) is -2.54. The maximum absolute atomic E-state index is 10.9. The highest BCUT2D eigenvalue weighted by Gasteiger charge is 2.36. The van der Waals surface area contributed by atoms with Crippen LogP contribution in [0.2, 0.25) is 0 Å². The van der Waals surface area contributed by atoms with Gasteiger partial charge in [0.25, 0.3) is 0 Å². The molecule has 0 fully saturated rings. The molecule has 0 aliphatic heterocycles. The van der Waals surface area contributed by atoms with E-state index in [1.54, 1.807) is 0 Å². The normalized spacial score (nSPS) is 17.6. The van der Waals surface area contributed by atoms with Gasteiger partial charge >= 0.3 is 0 Å². The maximum Gasteiger partial charge on any atom is 0.224 e. The van der Waals surface area contributed by atoms with Gasteiger partial charge in [-0.15, -0.1) is 23.3 Å². The van der Waals surface area contributed by atoms with Gasteiger partial charge in [0.1, 0.15) is 0 Å². The molecule has 0 aliphatic rings. The molecule has 0 bridgehead atoms. The largest absolute Gasteiger partial charge is 0.224 e. The predicted molar refractivity (Wildman–Crippen MR) is 26.7 cm³/mol. The van der Waals surface area contributed by atoms with E-state index >= 15 is 0 Å². The van der Waals surface area contributed by atoms with Crippen LogP contribution in [0.3, 0.4) is 0 Å². The molecule has 0 aromatic rings. The van der Waals surface area contributed by atoms with Crippen LogP contribution in [0.25, 0.3) is 0 Å². The van der Waals surface area contributed by atoms with E-state index in [9.17, 15) is 23.3 Å². The van der Waals surface area contributed by atoms with Crippen molar-refractivity contribution < 1.29 is 23.3 Å². The molecule has 0 aliphatic carbocycles. The van der Waals surface area contributed by atoms with Crippen molar-refractivity contribution in [2.24, 2.45) is 0 Å². The van der Waals surface area contributed by atoms with Crippen LogP contribution in [0.1, 0.15) is 0 Å². The van der Waals surface area contributed by atoms with Crippen LogP contribution in [-0.2, 0) is 0 Å². The summed E-state index contributed by atoms with van der Waals surface area (Å²) in [6.45, 7) is 0. The third kappa shape index (κ3) is 8.28. The third-order valence-electron chi connectivity index (χ3n) is 0.267. The first-order chi connectivity index (χ1) is 3.71. The summed E-state index contributed by atoms with van der Waals surface area (Å²) in [7, 11) is 0. The molecule has 0 radical (unpaired) electrons. The highest BCUT2D eigenvalue weighted by molar-refractivity contribution is 8.36. The van der Waals surface area contributed by atoms with Crippen molar-refractivity contribution in [2.45, 2.75) is 0 Å². The second-order valence-corrected chi connectivity index (χ2v) is 4.07. The summed E-state index contributed by atoms with van der Waals surface area (Å²) in [5.74, 6) is 0. The van der Waals surface area contributed by atoms with Crippen molar-refractivity contribution in [3.63, 3.8) is 0 Å². The van der Waals surface area contributed by atoms with E-state index in [0.717, 1.165) is 0 Å². The maximum atomic E-state index is 10.9. The number of hydrogen-bond donors (Lipinski definition) is 0. The zero-order chi connectivity index (χ0) is 7.71. The van der Waals surface area contributed by atoms with Gasteiger partial charge < -0.3 is 0 Å². The van der Waals surface area contributed by atoms with Crippen molar-refractivity contribution in [3.05, 3.63) is 0 Å². The van der Waals surface area contributed by atoms with Gasteiger partial charge in [0.05, 0.1) is 0 Å². The second-order valence-electron chi connectivity index (χ2n) is 1.12. The van der Waals surface area contributed by atoms with Gasteiger partial charge in [-0.3, -0.25) is 0 Å². The first kappa shape index (κ1) is 9.28. The molecule has 0 aromatic heterocycles. The molecule has 0 spiro atoms. The molecule has 0 saturated carbocycles. The molecule has 0 rings (SSSR count). The van der Waals surface area contributed by atoms with Gasteiger partial charge in [0.2, 0.25) is 22.4 Å². The number of rotatable bonds is 2. The quantitative estimate of drug-likeness (QED) is 0.583. The molecule has 9 heavy (non-hydrogen) atoms. The highest BCUT2D eigenvalue weighted by Crippen LogP contribution is 2.68. The van der Waals surface area contributed by atoms with Crippen LogP contribution in [0.15, 0.2) is 0 Å². The smallest absolute Gasteiger partial charge is 0.124 e. The van der Waals surface area contributed by atoms with Gasteiger partial charge in [0.15, 0.2) is 5.08 Å². The molecule has 0 amide bonds. The van der Waals surface area contributed by atoms with Crippen LogP contribution < -0.4 is 0 Å². The lowest BCUT2D eigenvalue weighted by molar-refractivity contribution is 0.616. The molecule has 0 heterocycles. The van der Waals surface area contributed by atoms with E-state index in [0.29, 0.717) is 0 Å². The first-order valence-corrected chi connectivity index (χ1v) is 4.51. The monoisotopic (exact) mass is 192 g/mol. The Hall–Kier alpha value is 0.280. The average Bonchev–Trinajstić information content (AvgIpc) is 1.14. The lowest BCUT2D eigenvalue weighted by Crippen LogP contribution is -1.86. The lowest BCUT2D eigenvalue weighted by Gasteiger charge is -2.13. The minimum atomic E-state index is -5.87. The minimum absolute atomic E-state index is 2.54. The fraction of sp³-hybridized carbons (Fsp3) is 1.00. The minimum Gasteiger partial charge on any atom is -0.124 e. The third-order valence-corrected chi connectivity index (χ3v) is 2.41. The Morgan fingerprint density at radius 2 is 0.889 bits per heavy atom. The summed E-state index contributed by atoms with van der Waals surface area (Å²) < 4.78 is 65.6.